The van der Waals surface area contributed by atoms with Crippen LogP contribution >= 0.6 is 15.9 Å². The van der Waals surface area contributed by atoms with Crippen molar-refractivity contribution in [2.75, 3.05) is 5.32 Å². The minimum absolute atomic E-state index is 0.0429. The lowest BCUT2D eigenvalue weighted by Crippen LogP contribution is -2.16. The van der Waals surface area contributed by atoms with Gasteiger partial charge in [-0.15, -0.1) is 5.10 Å². The van der Waals surface area contributed by atoms with E-state index >= 15 is 0 Å². The van der Waals surface area contributed by atoms with Crippen LogP contribution in [0, 0.1) is 13.8 Å². The minimum atomic E-state index is -0.0429. The van der Waals surface area contributed by atoms with Gasteiger partial charge in [0.15, 0.2) is 0 Å². The first-order chi connectivity index (χ1) is 11.5. The van der Waals surface area contributed by atoms with E-state index in [9.17, 15) is 4.79 Å². The van der Waals surface area contributed by atoms with Gasteiger partial charge < -0.3 is 5.32 Å². The van der Waals surface area contributed by atoms with E-state index in [1.807, 2.05) is 50.2 Å². The lowest BCUT2D eigenvalue weighted by atomic mass is 10.00. The van der Waals surface area contributed by atoms with E-state index in [4.69, 9.17) is 0 Å². The van der Waals surface area contributed by atoms with Crippen molar-refractivity contribution in [2.24, 2.45) is 0 Å². The van der Waals surface area contributed by atoms with Gasteiger partial charge >= 0.3 is 0 Å². The predicted molar refractivity (Wildman–Crippen MR) is 95.1 cm³/mol. The molecule has 7 heteroatoms. The van der Waals surface area contributed by atoms with Crippen molar-refractivity contribution in [3.8, 4) is 5.69 Å². The quantitative estimate of drug-likeness (QED) is 0.747. The molecule has 2 aromatic carbocycles. The van der Waals surface area contributed by atoms with Crippen LogP contribution in [-0.4, -0.2) is 26.1 Å². The van der Waals surface area contributed by atoms with Crippen LogP contribution in [0.3, 0.4) is 0 Å². The molecule has 0 aliphatic carbocycles. The number of carbonyl (C=O) groups is 1. The summed E-state index contributed by atoms with van der Waals surface area (Å²) in [5, 5.41) is 13.9. The molecule has 0 spiro atoms. The van der Waals surface area contributed by atoms with Crippen molar-refractivity contribution in [2.45, 2.75) is 20.3 Å². The number of aromatic nitrogens is 4. The highest BCUT2D eigenvalue weighted by Gasteiger charge is 2.10. The number of hydrogen-bond donors (Lipinski definition) is 1. The second kappa shape index (κ2) is 6.92. The summed E-state index contributed by atoms with van der Waals surface area (Å²) >= 11 is 3.47. The molecule has 0 saturated heterocycles. The molecule has 122 valence electrons. The monoisotopic (exact) mass is 385 g/mol. The van der Waals surface area contributed by atoms with Gasteiger partial charge in [0.1, 0.15) is 6.33 Å². The highest BCUT2D eigenvalue weighted by Crippen LogP contribution is 2.21. The molecule has 0 atom stereocenters. The fourth-order valence-electron chi connectivity index (χ4n) is 2.56. The fourth-order valence-corrected chi connectivity index (χ4v) is 3.25. The minimum Gasteiger partial charge on any atom is -0.326 e. The zero-order chi connectivity index (χ0) is 17.1. The van der Waals surface area contributed by atoms with Crippen LogP contribution in [0.2, 0.25) is 0 Å². The Balaban J connectivity index is 1.69. The Morgan fingerprint density at radius 3 is 2.42 bits per heavy atom. The lowest BCUT2D eigenvalue weighted by Gasteiger charge is -2.11. The Morgan fingerprint density at radius 1 is 1.17 bits per heavy atom. The maximum absolute atomic E-state index is 12.3. The molecule has 1 N–H and O–H groups in total. The maximum Gasteiger partial charge on any atom is 0.228 e. The number of aryl methyl sites for hydroxylation is 2. The third kappa shape index (κ3) is 3.68. The van der Waals surface area contributed by atoms with E-state index in [1.165, 1.54) is 6.33 Å². The summed E-state index contributed by atoms with van der Waals surface area (Å²) in [5.41, 5.74) is 4.83. The number of carbonyl (C=O) groups excluding carboxylic acids is 1. The zero-order valence-electron chi connectivity index (χ0n) is 13.3. The fraction of sp³-hybridized carbons (Fsp3) is 0.176. The molecular weight excluding hydrogens is 370 g/mol. The second-order valence-electron chi connectivity index (χ2n) is 5.54. The predicted octanol–water partition coefficient (Wildman–Crippen LogP) is 3.22. The van der Waals surface area contributed by atoms with Gasteiger partial charge in [0.05, 0.1) is 12.1 Å². The summed E-state index contributed by atoms with van der Waals surface area (Å²) < 4.78 is 2.58. The Kier molecular flexibility index (Phi) is 4.71. The molecule has 0 bridgehead atoms. The molecule has 24 heavy (non-hydrogen) atoms. The Hall–Kier alpha value is -2.54. The number of tetrazole rings is 1. The summed E-state index contributed by atoms with van der Waals surface area (Å²) in [4.78, 5) is 12.3. The van der Waals surface area contributed by atoms with Gasteiger partial charge in [-0.2, -0.15) is 0 Å². The number of nitrogens with zero attached hydrogens (tertiary/aromatic N) is 4. The number of benzene rings is 2. The third-order valence-electron chi connectivity index (χ3n) is 3.76. The van der Waals surface area contributed by atoms with Crippen molar-refractivity contribution in [1.82, 2.24) is 20.2 Å². The molecule has 0 aliphatic heterocycles. The molecule has 1 aromatic heterocycles. The average Bonchev–Trinajstić information content (AvgIpc) is 3.06. The van der Waals surface area contributed by atoms with E-state index in [0.29, 0.717) is 6.42 Å². The highest BCUT2D eigenvalue weighted by atomic mass is 79.9. The Bertz CT molecular complexity index is 836. The second-order valence-corrected chi connectivity index (χ2v) is 6.46. The van der Waals surface area contributed by atoms with Crippen molar-refractivity contribution in [1.29, 1.82) is 0 Å². The number of halogens is 1. The maximum atomic E-state index is 12.3. The number of rotatable bonds is 4. The Morgan fingerprint density at radius 2 is 1.83 bits per heavy atom. The number of anilines is 1. The largest absolute Gasteiger partial charge is 0.326 e. The molecule has 0 fully saturated rings. The van der Waals surface area contributed by atoms with Crippen LogP contribution < -0.4 is 5.32 Å². The van der Waals surface area contributed by atoms with Gasteiger partial charge in [-0.3, -0.25) is 4.79 Å². The van der Waals surface area contributed by atoms with Gasteiger partial charge in [-0.05, 0) is 77.4 Å². The molecule has 1 heterocycles. The number of nitrogens with one attached hydrogen (secondary N) is 1. The summed E-state index contributed by atoms with van der Waals surface area (Å²) in [6, 6.07) is 11.4. The van der Waals surface area contributed by atoms with Crippen LogP contribution in [0.1, 0.15) is 16.7 Å². The van der Waals surface area contributed by atoms with Gasteiger partial charge in [0, 0.05) is 10.2 Å². The van der Waals surface area contributed by atoms with E-state index in [-0.39, 0.29) is 5.91 Å². The molecule has 0 saturated carbocycles. The van der Waals surface area contributed by atoms with E-state index in [2.05, 4.69) is 36.8 Å². The standard InChI is InChI=1S/C17H16BrN5O/c1-11-7-13(18)8-12(2)16(11)9-17(24)20-14-3-5-15(6-4-14)23-10-19-21-22-23/h3-8,10H,9H2,1-2H3,(H,20,24). The van der Waals surface area contributed by atoms with Gasteiger partial charge in [-0.1, -0.05) is 15.9 Å². The van der Waals surface area contributed by atoms with Crippen molar-refractivity contribution >= 4 is 27.5 Å². The first-order valence-electron chi connectivity index (χ1n) is 7.42. The Labute approximate surface area is 148 Å². The average molecular weight is 386 g/mol. The highest BCUT2D eigenvalue weighted by molar-refractivity contribution is 9.10. The van der Waals surface area contributed by atoms with Gasteiger partial charge in [-0.25, -0.2) is 4.68 Å². The summed E-state index contributed by atoms with van der Waals surface area (Å²) in [7, 11) is 0. The zero-order valence-corrected chi connectivity index (χ0v) is 14.9. The normalized spacial score (nSPS) is 10.6. The van der Waals surface area contributed by atoms with Crippen LogP contribution in [-0.2, 0) is 11.2 Å². The molecule has 0 unspecified atom stereocenters. The molecule has 1 amide bonds. The first kappa shape index (κ1) is 16.3. The molecule has 3 rings (SSSR count). The van der Waals surface area contributed by atoms with E-state index < -0.39 is 0 Å². The van der Waals surface area contributed by atoms with Crippen LogP contribution in [0.4, 0.5) is 5.69 Å². The van der Waals surface area contributed by atoms with Gasteiger partial charge in [0.25, 0.3) is 0 Å². The van der Waals surface area contributed by atoms with Crippen LogP contribution in [0.25, 0.3) is 5.69 Å². The third-order valence-corrected chi connectivity index (χ3v) is 4.22. The summed E-state index contributed by atoms with van der Waals surface area (Å²) in [6.07, 6.45) is 1.87. The molecule has 0 aliphatic rings. The first-order valence-corrected chi connectivity index (χ1v) is 8.21. The topological polar surface area (TPSA) is 72.7 Å². The lowest BCUT2D eigenvalue weighted by molar-refractivity contribution is -0.115. The SMILES string of the molecule is Cc1cc(Br)cc(C)c1CC(=O)Nc1ccc(-n2cnnn2)cc1. The number of amides is 1. The van der Waals surface area contributed by atoms with Crippen LogP contribution in [0.15, 0.2) is 47.2 Å². The van der Waals surface area contributed by atoms with Crippen molar-refractivity contribution < 1.29 is 4.79 Å². The summed E-state index contributed by atoms with van der Waals surface area (Å²) in [5.74, 6) is -0.0429. The smallest absolute Gasteiger partial charge is 0.228 e. The molecule has 6 nitrogen and oxygen atoms in total. The summed E-state index contributed by atoms with van der Waals surface area (Å²) in [6.45, 7) is 4.03. The van der Waals surface area contributed by atoms with Crippen LogP contribution in [0.5, 0.6) is 0 Å². The van der Waals surface area contributed by atoms with Crippen molar-refractivity contribution in [3.63, 3.8) is 0 Å². The van der Waals surface area contributed by atoms with E-state index in [0.717, 1.165) is 32.5 Å². The van der Waals surface area contributed by atoms with Crippen molar-refractivity contribution in [3.05, 3.63) is 63.9 Å². The molecule has 3 aromatic rings. The number of hydrogen-bond acceptors (Lipinski definition) is 4. The molecular formula is C17H16BrN5O. The van der Waals surface area contributed by atoms with Gasteiger partial charge in [0.2, 0.25) is 5.91 Å². The molecule has 0 radical (unpaired) electrons. The van der Waals surface area contributed by atoms with E-state index in [1.54, 1.807) is 4.68 Å².